The quantitative estimate of drug-likeness (QED) is 0.278. The van der Waals surface area contributed by atoms with Gasteiger partial charge in [0.15, 0.2) is 11.7 Å². The van der Waals surface area contributed by atoms with E-state index in [0.29, 0.717) is 31.5 Å². The summed E-state index contributed by atoms with van der Waals surface area (Å²) in [5, 5.41) is 10.7. The molecule has 31 heavy (non-hydrogen) atoms. The number of ether oxygens (including phenoxy) is 2. The van der Waals surface area contributed by atoms with Crippen molar-refractivity contribution in [2.75, 3.05) is 26.4 Å². The molecule has 1 fully saturated rings. The van der Waals surface area contributed by atoms with Crippen molar-refractivity contribution in [1.82, 2.24) is 15.8 Å². The van der Waals surface area contributed by atoms with Crippen molar-refractivity contribution in [2.45, 2.75) is 53.1 Å². The molecule has 0 spiro atoms. The molecule has 2 heterocycles. The number of halogens is 1. The highest BCUT2D eigenvalue weighted by Crippen LogP contribution is 2.23. The number of nitrogens with zero attached hydrogens (tertiary/aromatic N) is 2. The largest absolute Gasteiger partial charge is 0.493 e. The van der Waals surface area contributed by atoms with Crippen LogP contribution in [0.25, 0.3) is 0 Å². The Morgan fingerprint density at radius 1 is 1.29 bits per heavy atom. The lowest BCUT2D eigenvalue weighted by Gasteiger charge is -2.15. The molecule has 1 saturated heterocycles. The molecule has 1 aromatic carbocycles. The van der Waals surface area contributed by atoms with Crippen LogP contribution in [0.4, 0.5) is 0 Å². The first-order chi connectivity index (χ1) is 14.5. The average Bonchev–Trinajstić information content (AvgIpc) is 3.41. The lowest BCUT2D eigenvalue weighted by atomic mass is 10.1. The number of aromatic nitrogens is 1. The van der Waals surface area contributed by atoms with Crippen LogP contribution in [0, 0.1) is 12.8 Å². The molecule has 0 aliphatic carbocycles. The third kappa shape index (κ3) is 7.99. The van der Waals surface area contributed by atoms with E-state index in [2.05, 4.69) is 54.8 Å². The van der Waals surface area contributed by atoms with E-state index >= 15 is 0 Å². The van der Waals surface area contributed by atoms with E-state index in [9.17, 15) is 0 Å². The Kier molecular flexibility index (Phi) is 10.6. The fourth-order valence-electron chi connectivity index (χ4n) is 3.21. The Balaban J connectivity index is 0.00000341. The average molecular weight is 542 g/mol. The molecule has 3 rings (SSSR count). The summed E-state index contributed by atoms with van der Waals surface area (Å²) in [5.41, 5.74) is 3.21. The second-order valence-electron chi connectivity index (χ2n) is 8.07. The smallest absolute Gasteiger partial charge is 0.191 e. The van der Waals surface area contributed by atoms with Gasteiger partial charge in [0.05, 0.1) is 32.0 Å². The van der Waals surface area contributed by atoms with Crippen LogP contribution in [-0.2, 0) is 17.8 Å². The zero-order chi connectivity index (χ0) is 21.3. The van der Waals surface area contributed by atoms with E-state index in [0.717, 1.165) is 54.9 Å². The predicted octanol–water partition coefficient (Wildman–Crippen LogP) is 4.40. The van der Waals surface area contributed by atoms with Crippen LogP contribution in [0.5, 0.6) is 5.75 Å². The molecule has 1 unspecified atom stereocenters. The highest BCUT2D eigenvalue weighted by molar-refractivity contribution is 14.0. The summed E-state index contributed by atoms with van der Waals surface area (Å²) in [6.07, 6.45) is 1.06. The van der Waals surface area contributed by atoms with Gasteiger partial charge in [-0.2, -0.15) is 0 Å². The van der Waals surface area contributed by atoms with Gasteiger partial charge >= 0.3 is 0 Å². The van der Waals surface area contributed by atoms with Crippen LogP contribution < -0.4 is 15.4 Å². The van der Waals surface area contributed by atoms with Crippen LogP contribution in [0.3, 0.4) is 0 Å². The molecule has 172 valence electrons. The van der Waals surface area contributed by atoms with Gasteiger partial charge in [-0.3, -0.25) is 0 Å². The van der Waals surface area contributed by atoms with Gasteiger partial charge in [-0.1, -0.05) is 31.1 Å². The summed E-state index contributed by atoms with van der Waals surface area (Å²) < 4.78 is 17.0. The first kappa shape index (κ1) is 25.5. The summed E-state index contributed by atoms with van der Waals surface area (Å²) >= 11 is 0. The fraction of sp³-hybridized carbons (Fsp3) is 0.565. The predicted molar refractivity (Wildman–Crippen MR) is 133 cm³/mol. The number of benzene rings is 1. The third-order valence-electron chi connectivity index (χ3n) is 5.07. The second-order valence-corrected chi connectivity index (χ2v) is 8.07. The minimum atomic E-state index is 0. The molecule has 8 heteroatoms. The summed E-state index contributed by atoms with van der Waals surface area (Å²) in [4.78, 5) is 4.74. The summed E-state index contributed by atoms with van der Waals surface area (Å²) in [5.74, 6) is 3.25. The normalized spacial score (nSPS) is 16.3. The van der Waals surface area contributed by atoms with Crippen molar-refractivity contribution in [2.24, 2.45) is 10.9 Å². The lowest BCUT2D eigenvalue weighted by molar-refractivity contribution is 0.166. The van der Waals surface area contributed by atoms with Gasteiger partial charge in [0, 0.05) is 30.7 Å². The van der Waals surface area contributed by atoms with Gasteiger partial charge in [-0.25, -0.2) is 4.99 Å². The minimum absolute atomic E-state index is 0. The SMILES string of the molecule is CCNC(=NCc1ccc(C)cc1OCC1CCOC1)NCc1cc(C(C)C)no1.I. The van der Waals surface area contributed by atoms with Crippen molar-refractivity contribution in [3.05, 3.63) is 46.8 Å². The summed E-state index contributed by atoms with van der Waals surface area (Å²) in [6, 6.07) is 8.26. The Morgan fingerprint density at radius 2 is 2.13 bits per heavy atom. The number of guanidine groups is 1. The van der Waals surface area contributed by atoms with Crippen LogP contribution in [0.1, 0.15) is 55.7 Å². The number of aliphatic imine (C=N–C) groups is 1. The molecule has 1 aliphatic rings. The molecule has 0 saturated carbocycles. The third-order valence-corrected chi connectivity index (χ3v) is 5.07. The summed E-state index contributed by atoms with van der Waals surface area (Å²) in [7, 11) is 0. The highest BCUT2D eigenvalue weighted by atomic mass is 127. The monoisotopic (exact) mass is 542 g/mol. The lowest BCUT2D eigenvalue weighted by Crippen LogP contribution is -2.36. The number of hydrogen-bond donors (Lipinski definition) is 2. The Hall–Kier alpha value is -1.81. The van der Waals surface area contributed by atoms with Crippen LogP contribution in [-0.4, -0.2) is 37.5 Å². The van der Waals surface area contributed by atoms with Crippen molar-refractivity contribution in [1.29, 1.82) is 0 Å². The van der Waals surface area contributed by atoms with E-state index < -0.39 is 0 Å². The maximum Gasteiger partial charge on any atom is 0.191 e. The molecule has 7 nitrogen and oxygen atoms in total. The first-order valence-corrected chi connectivity index (χ1v) is 10.8. The van der Waals surface area contributed by atoms with Crippen molar-refractivity contribution in [3.63, 3.8) is 0 Å². The topological polar surface area (TPSA) is 80.9 Å². The Labute approximate surface area is 202 Å². The minimum Gasteiger partial charge on any atom is -0.493 e. The van der Waals surface area contributed by atoms with Gasteiger partial charge in [0.25, 0.3) is 0 Å². The molecular formula is C23H35IN4O3. The van der Waals surface area contributed by atoms with Crippen molar-refractivity contribution < 1.29 is 14.0 Å². The number of rotatable bonds is 9. The zero-order valence-electron chi connectivity index (χ0n) is 18.9. The molecule has 1 aliphatic heterocycles. The maximum atomic E-state index is 6.14. The molecule has 1 aromatic heterocycles. The summed E-state index contributed by atoms with van der Waals surface area (Å²) in [6.45, 7) is 12.5. The molecule has 1 atom stereocenters. The fourth-order valence-corrected chi connectivity index (χ4v) is 3.21. The van der Waals surface area contributed by atoms with Crippen LogP contribution >= 0.6 is 24.0 Å². The molecule has 2 aromatic rings. The van der Waals surface area contributed by atoms with Gasteiger partial charge in [-0.05, 0) is 37.8 Å². The highest BCUT2D eigenvalue weighted by Gasteiger charge is 2.17. The van der Waals surface area contributed by atoms with Gasteiger partial charge in [0.1, 0.15) is 5.75 Å². The van der Waals surface area contributed by atoms with Gasteiger partial charge in [0.2, 0.25) is 0 Å². The standard InChI is InChI=1S/C23H34N4O3.HI/c1-5-24-23(26-13-20-11-21(16(2)3)27-30-20)25-12-19-7-6-17(4)10-22(19)29-15-18-8-9-28-14-18;/h6-7,10-11,16,18H,5,8-9,12-15H2,1-4H3,(H2,24,25,26);1H. The molecule has 0 bridgehead atoms. The number of aryl methyl sites for hydroxylation is 1. The van der Waals surface area contributed by atoms with E-state index in [-0.39, 0.29) is 24.0 Å². The molecular weight excluding hydrogens is 507 g/mol. The van der Waals surface area contributed by atoms with Crippen molar-refractivity contribution >= 4 is 29.9 Å². The maximum absolute atomic E-state index is 6.14. The number of hydrogen-bond acceptors (Lipinski definition) is 5. The van der Waals surface area contributed by atoms with E-state index in [4.69, 9.17) is 19.0 Å². The van der Waals surface area contributed by atoms with Crippen LogP contribution in [0.2, 0.25) is 0 Å². The van der Waals surface area contributed by atoms with E-state index in [1.807, 2.05) is 13.0 Å². The Bertz CT molecular complexity index is 832. The Morgan fingerprint density at radius 3 is 2.81 bits per heavy atom. The van der Waals surface area contributed by atoms with Gasteiger partial charge in [-0.15, -0.1) is 24.0 Å². The second kappa shape index (κ2) is 12.9. The van der Waals surface area contributed by atoms with Crippen molar-refractivity contribution in [3.8, 4) is 5.75 Å². The first-order valence-electron chi connectivity index (χ1n) is 10.8. The number of nitrogens with one attached hydrogen (secondary N) is 2. The zero-order valence-corrected chi connectivity index (χ0v) is 21.3. The molecule has 2 N–H and O–H groups in total. The molecule has 0 amide bonds. The van der Waals surface area contributed by atoms with E-state index in [1.165, 1.54) is 5.56 Å². The van der Waals surface area contributed by atoms with Crippen LogP contribution in [0.15, 0.2) is 33.8 Å². The molecule has 0 radical (unpaired) electrons. The van der Waals surface area contributed by atoms with E-state index in [1.54, 1.807) is 0 Å². The van der Waals surface area contributed by atoms with Gasteiger partial charge < -0.3 is 24.6 Å².